The summed E-state index contributed by atoms with van der Waals surface area (Å²) in [4.78, 5) is 12.1. The Balaban J connectivity index is 1.64. The molecule has 0 unspecified atom stereocenters. The van der Waals surface area contributed by atoms with E-state index < -0.39 is 5.79 Å². The summed E-state index contributed by atoms with van der Waals surface area (Å²) in [6.07, 6.45) is -0.186. The minimum atomic E-state index is -1.08. The molecule has 0 saturated carbocycles. The molecule has 0 bridgehead atoms. The summed E-state index contributed by atoms with van der Waals surface area (Å²) in [7, 11) is 1.54. The van der Waals surface area contributed by atoms with Crippen LogP contribution in [0.4, 0.5) is 0 Å². The van der Waals surface area contributed by atoms with Crippen molar-refractivity contribution in [2.45, 2.75) is 51.0 Å². The lowest BCUT2D eigenvalue weighted by molar-refractivity contribution is -0.226. The van der Waals surface area contributed by atoms with E-state index in [1.165, 1.54) is 0 Å². The van der Waals surface area contributed by atoms with Gasteiger partial charge in [-0.2, -0.15) is 0 Å². The van der Waals surface area contributed by atoms with Crippen LogP contribution in [-0.2, 0) is 41.7 Å². The van der Waals surface area contributed by atoms with E-state index in [2.05, 4.69) is 0 Å². The van der Waals surface area contributed by atoms with Crippen LogP contribution in [0, 0.1) is 0 Å². The first-order valence-electron chi connectivity index (χ1n) is 10.3. The Hall–Kier alpha value is -2.25. The zero-order valence-corrected chi connectivity index (χ0v) is 17.6. The molecule has 2 aromatic carbocycles. The summed E-state index contributed by atoms with van der Waals surface area (Å²) in [5.74, 6) is -1.43. The van der Waals surface area contributed by atoms with E-state index in [1.54, 1.807) is 14.0 Å². The molecule has 162 valence electrons. The average molecular weight is 414 g/mol. The van der Waals surface area contributed by atoms with Gasteiger partial charge in [-0.05, 0) is 18.1 Å². The first kappa shape index (κ1) is 22.4. The van der Waals surface area contributed by atoms with Crippen LogP contribution in [0.1, 0.15) is 30.9 Å². The van der Waals surface area contributed by atoms with Gasteiger partial charge in [-0.25, -0.2) is 0 Å². The molecule has 0 amide bonds. The second-order valence-electron chi connectivity index (χ2n) is 7.29. The Morgan fingerprint density at radius 3 is 2.27 bits per heavy atom. The van der Waals surface area contributed by atoms with Crippen molar-refractivity contribution in [3.05, 3.63) is 71.8 Å². The first-order chi connectivity index (χ1) is 14.6. The van der Waals surface area contributed by atoms with E-state index in [1.807, 2.05) is 60.7 Å². The molecule has 3 atom stereocenters. The normalized spacial score (nSPS) is 23.4. The van der Waals surface area contributed by atoms with Crippen LogP contribution in [0.2, 0.25) is 0 Å². The van der Waals surface area contributed by atoms with E-state index in [0.29, 0.717) is 32.8 Å². The van der Waals surface area contributed by atoms with Crippen molar-refractivity contribution in [1.82, 2.24) is 0 Å². The van der Waals surface area contributed by atoms with Gasteiger partial charge in [0.25, 0.3) is 0 Å². The second-order valence-corrected chi connectivity index (χ2v) is 7.29. The van der Waals surface area contributed by atoms with Crippen molar-refractivity contribution in [1.29, 1.82) is 0 Å². The molecule has 1 aliphatic heterocycles. The van der Waals surface area contributed by atoms with Crippen molar-refractivity contribution < 1.29 is 28.5 Å². The van der Waals surface area contributed by atoms with Gasteiger partial charge >= 0.3 is 5.97 Å². The first-order valence-corrected chi connectivity index (χ1v) is 10.3. The average Bonchev–Trinajstić information content (AvgIpc) is 3.11. The number of esters is 1. The number of rotatable bonds is 11. The molecule has 1 fully saturated rings. The smallest absolute Gasteiger partial charge is 0.311 e. The number of carbonyl (C=O) groups excluding carboxylic acids is 1. The summed E-state index contributed by atoms with van der Waals surface area (Å²) in [6, 6.07) is 19.9. The van der Waals surface area contributed by atoms with Gasteiger partial charge in [0.1, 0.15) is 6.10 Å². The standard InChI is InChI=1S/C24H30O6/c1-3-28-23(25)15-24(26-2)14-21(29-17-20-12-8-5-9-13-20)22(30-24)18-27-16-19-10-6-4-7-11-19/h4-13,21-22H,3,14-18H2,1-2H3/t21-,22+,24-/m0/s1. The maximum Gasteiger partial charge on any atom is 0.311 e. The molecule has 30 heavy (non-hydrogen) atoms. The number of benzene rings is 2. The Morgan fingerprint density at radius 2 is 1.67 bits per heavy atom. The van der Waals surface area contributed by atoms with Crippen LogP contribution in [0.3, 0.4) is 0 Å². The highest BCUT2D eigenvalue weighted by atomic mass is 16.7. The number of methoxy groups -OCH3 is 1. The van der Waals surface area contributed by atoms with E-state index in [0.717, 1.165) is 11.1 Å². The molecule has 0 aromatic heterocycles. The lowest BCUT2D eigenvalue weighted by Crippen LogP contribution is -2.35. The number of hydrogen-bond acceptors (Lipinski definition) is 6. The Labute approximate surface area is 178 Å². The Kier molecular flexibility index (Phi) is 8.39. The molecule has 1 saturated heterocycles. The van der Waals surface area contributed by atoms with Gasteiger partial charge < -0.3 is 23.7 Å². The van der Waals surface area contributed by atoms with E-state index in [-0.39, 0.29) is 24.6 Å². The van der Waals surface area contributed by atoms with Gasteiger partial charge in [-0.1, -0.05) is 60.7 Å². The summed E-state index contributed by atoms with van der Waals surface area (Å²) >= 11 is 0. The van der Waals surface area contributed by atoms with Gasteiger partial charge in [0.15, 0.2) is 5.79 Å². The zero-order valence-electron chi connectivity index (χ0n) is 17.6. The molecule has 0 spiro atoms. The van der Waals surface area contributed by atoms with E-state index in [9.17, 15) is 4.79 Å². The summed E-state index contributed by atoms with van der Waals surface area (Å²) in [5, 5.41) is 0. The zero-order chi connectivity index (χ0) is 21.2. The molecule has 3 rings (SSSR count). The van der Waals surface area contributed by atoms with Crippen molar-refractivity contribution >= 4 is 5.97 Å². The lowest BCUT2D eigenvalue weighted by Gasteiger charge is -2.26. The largest absolute Gasteiger partial charge is 0.466 e. The van der Waals surface area contributed by atoms with Crippen molar-refractivity contribution in [2.24, 2.45) is 0 Å². The summed E-state index contributed by atoms with van der Waals surface area (Å²) in [6.45, 7) is 3.35. The fourth-order valence-electron chi connectivity index (χ4n) is 3.54. The van der Waals surface area contributed by atoms with Crippen LogP contribution in [0.15, 0.2) is 60.7 Å². The Bertz CT molecular complexity index is 766. The maximum absolute atomic E-state index is 12.1. The molecule has 0 radical (unpaired) electrons. The SMILES string of the molecule is CCOC(=O)C[C@]1(OC)C[C@H](OCc2ccccc2)[C@@H](COCc2ccccc2)O1. The monoisotopic (exact) mass is 414 g/mol. The lowest BCUT2D eigenvalue weighted by atomic mass is 10.1. The minimum absolute atomic E-state index is 0.0116. The van der Waals surface area contributed by atoms with Crippen LogP contribution in [0.25, 0.3) is 0 Å². The van der Waals surface area contributed by atoms with Gasteiger partial charge in [0, 0.05) is 13.5 Å². The molecule has 6 heteroatoms. The van der Waals surface area contributed by atoms with Gasteiger partial charge in [-0.15, -0.1) is 0 Å². The highest BCUT2D eigenvalue weighted by molar-refractivity contribution is 5.70. The van der Waals surface area contributed by atoms with Crippen molar-refractivity contribution in [3.63, 3.8) is 0 Å². The molecular weight excluding hydrogens is 384 g/mol. The number of carbonyl (C=O) groups is 1. The van der Waals surface area contributed by atoms with E-state index >= 15 is 0 Å². The van der Waals surface area contributed by atoms with Crippen molar-refractivity contribution in [2.75, 3.05) is 20.3 Å². The van der Waals surface area contributed by atoms with Crippen LogP contribution in [-0.4, -0.2) is 44.3 Å². The highest BCUT2D eigenvalue weighted by Crippen LogP contribution is 2.37. The third kappa shape index (κ3) is 6.37. The molecular formula is C24H30O6. The van der Waals surface area contributed by atoms with Crippen LogP contribution in [0.5, 0.6) is 0 Å². The maximum atomic E-state index is 12.1. The molecule has 1 heterocycles. The van der Waals surface area contributed by atoms with E-state index in [4.69, 9.17) is 23.7 Å². The fraction of sp³-hybridized carbons (Fsp3) is 0.458. The fourth-order valence-corrected chi connectivity index (χ4v) is 3.54. The molecule has 0 aliphatic carbocycles. The van der Waals surface area contributed by atoms with Gasteiger partial charge in [0.05, 0.1) is 39.0 Å². The van der Waals surface area contributed by atoms with Crippen LogP contribution >= 0.6 is 0 Å². The second kappa shape index (κ2) is 11.2. The molecule has 0 N–H and O–H groups in total. The quantitative estimate of drug-likeness (QED) is 0.520. The molecule has 1 aliphatic rings. The third-order valence-electron chi connectivity index (χ3n) is 5.08. The van der Waals surface area contributed by atoms with Crippen LogP contribution < -0.4 is 0 Å². The predicted octanol–water partition coefficient (Wildman–Crippen LogP) is 3.87. The number of hydrogen-bond donors (Lipinski definition) is 0. The van der Waals surface area contributed by atoms with Crippen molar-refractivity contribution in [3.8, 4) is 0 Å². The summed E-state index contributed by atoms with van der Waals surface area (Å²) < 4.78 is 29.0. The highest BCUT2D eigenvalue weighted by Gasteiger charge is 2.49. The third-order valence-corrected chi connectivity index (χ3v) is 5.08. The molecule has 6 nitrogen and oxygen atoms in total. The predicted molar refractivity (Wildman–Crippen MR) is 112 cm³/mol. The number of ether oxygens (including phenoxy) is 5. The molecule has 2 aromatic rings. The van der Waals surface area contributed by atoms with Gasteiger partial charge in [-0.3, -0.25) is 4.79 Å². The minimum Gasteiger partial charge on any atom is -0.466 e. The Morgan fingerprint density at radius 1 is 1.03 bits per heavy atom. The summed E-state index contributed by atoms with van der Waals surface area (Å²) in [5.41, 5.74) is 2.16. The van der Waals surface area contributed by atoms with Gasteiger partial charge in [0.2, 0.25) is 0 Å². The topological polar surface area (TPSA) is 63.2 Å².